The highest BCUT2D eigenvalue weighted by molar-refractivity contribution is 9.10. The minimum atomic E-state index is -0.0691. The predicted octanol–water partition coefficient (Wildman–Crippen LogP) is 4.57. The van der Waals surface area contributed by atoms with Crippen LogP contribution < -0.4 is 10.9 Å². The topological polar surface area (TPSA) is 64.0 Å². The number of aromatic nitrogens is 2. The summed E-state index contributed by atoms with van der Waals surface area (Å²) in [7, 11) is 0. The summed E-state index contributed by atoms with van der Waals surface area (Å²) in [5.41, 5.74) is 0.577. The number of hydrogen-bond donors (Lipinski definition) is 1. The Kier molecular flexibility index (Phi) is 8.20. The summed E-state index contributed by atoms with van der Waals surface area (Å²) in [6.07, 6.45) is 0.817. The molecule has 0 spiro atoms. The zero-order chi connectivity index (χ0) is 20.6. The predicted molar refractivity (Wildman–Crippen MR) is 125 cm³/mol. The number of rotatable bonds is 9. The largest absolute Gasteiger partial charge is 0.355 e. The maximum absolute atomic E-state index is 12.9. The van der Waals surface area contributed by atoms with E-state index in [1.54, 1.807) is 22.4 Å². The second-order valence-corrected chi connectivity index (χ2v) is 9.34. The Bertz CT molecular complexity index is 1040. The van der Waals surface area contributed by atoms with Crippen molar-refractivity contribution in [2.45, 2.75) is 29.9 Å². The minimum absolute atomic E-state index is 0.0585. The van der Waals surface area contributed by atoms with Crippen LogP contribution in [0, 0.1) is 0 Å². The van der Waals surface area contributed by atoms with Crippen molar-refractivity contribution in [1.82, 2.24) is 14.9 Å². The van der Waals surface area contributed by atoms with E-state index in [4.69, 9.17) is 0 Å². The first-order valence-electron chi connectivity index (χ1n) is 9.36. The molecule has 0 atom stereocenters. The van der Waals surface area contributed by atoms with Gasteiger partial charge in [0.25, 0.3) is 5.56 Å². The number of nitrogens with one attached hydrogen (secondary N) is 1. The van der Waals surface area contributed by atoms with Gasteiger partial charge in [-0.3, -0.25) is 14.2 Å². The van der Waals surface area contributed by atoms with Crippen LogP contribution >= 0.6 is 39.5 Å². The molecule has 0 aliphatic rings. The maximum Gasteiger partial charge on any atom is 0.262 e. The average molecular weight is 492 g/mol. The van der Waals surface area contributed by atoms with Gasteiger partial charge in [-0.15, -0.1) is 11.8 Å². The van der Waals surface area contributed by atoms with E-state index in [0.29, 0.717) is 29.1 Å². The van der Waals surface area contributed by atoms with Crippen molar-refractivity contribution >= 4 is 56.3 Å². The molecule has 0 bridgehead atoms. The summed E-state index contributed by atoms with van der Waals surface area (Å²) in [6.45, 7) is 3.19. The zero-order valence-electron chi connectivity index (χ0n) is 16.1. The number of amides is 1. The van der Waals surface area contributed by atoms with Crippen LogP contribution in [0.15, 0.2) is 67.9 Å². The van der Waals surface area contributed by atoms with Crippen molar-refractivity contribution in [2.75, 3.05) is 18.1 Å². The zero-order valence-corrected chi connectivity index (χ0v) is 19.3. The molecule has 0 saturated heterocycles. The second kappa shape index (κ2) is 10.8. The van der Waals surface area contributed by atoms with Crippen molar-refractivity contribution in [3.63, 3.8) is 0 Å². The van der Waals surface area contributed by atoms with Crippen LogP contribution in [0.4, 0.5) is 0 Å². The molecule has 29 heavy (non-hydrogen) atoms. The fraction of sp³-hybridized carbons (Fsp3) is 0.286. The third kappa shape index (κ3) is 6.10. The number of carbonyl (C=O) groups is 1. The molecule has 3 aromatic rings. The Hall–Kier alpha value is -1.77. The number of nitrogens with zero attached hydrogens (tertiary/aromatic N) is 2. The fourth-order valence-electron chi connectivity index (χ4n) is 2.76. The van der Waals surface area contributed by atoms with Gasteiger partial charge in [-0.2, -0.15) is 0 Å². The van der Waals surface area contributed by atoms with Crippen molar-refractivity contribution in [2.24, 2.45) is 0 Å². The highest BCUT2D eigenvalue weighted by Crippen LogP contribution is 2.21. The molecule has 2 aromatic carbocycles. The van der Waals surface area contributed by atoms with Crippen LogP contribution in [0.3, 0.4) is 0 Å². The number of benzene rings is 2. The van der Waals surface area contributed by atoms with Gasteiger partial charge in [0.05, 0.1) is 16.7 Å². The molecular weight excluding hydrogens is 470 g/mol. The third-order valence-corrected chi connectivity index (χ3v) is 6.58. The summed E-state index contributed by atoms with van der Waals surface area (Å²) in [5.74, 6) is 0.981. The summed E-state index contributed by atoms with van der Waals surface area (Å²) >= 11 is 6.42. The van der Waals surface area contributed by atoms with Crippen LogP contribution in [0.25, 0.3) is 10.9 Å². The number of thioether (sulfide) groups is 2. The quantitative estimate of drug-likeness (QED) is 0.269. The molecular formula is C21H22BrN3O2S2. The molecule has 1 amide bonds. The Morgan fingerprint density at radius 3 is 2.72 bits per heavy atom. The van der Waals surface area contributed by atoms with Crippen molar-refractivity contribution in [1.29, 1.82) is 0 Å². The van der Waals surface area contributed by atoms with Crippen LogP contribution in [0.5, 0.6) is 0 Å². The number of halogens is 1. The van der Waals surface area contributed by atoms with Crippen molar-refractivity contribution in [3.05, 3.63) is 63.4 Å². The molecule has 0 unspecified atom stereocenters. The Balaban J connectivity index is 1.60. The second-order valence-electron chi connectivity index (χ2n) is 6.31. The van der Waals surface area contributed by atoms with Gasteiger partial charge in [0.2, 0.25) is 5.91 Å². The third-order valence-electron chi connectivity index (χ3n) is 4.10. The summed E-state index contributed by atoms with van der Waals surface area (Å²) in [6, 6.07) is 15.6. The first-order chi connectivity index (χ1) is 14.1. The maximum atomic E-state index is 12.9. The molecule has 8 heteroatoms. The van der Waals surface area contributed by atoms with Gasteiger partial charge >= 0.3 is 0 Å². The average Bonchev–Trinajstić information content (AvgIpc) is 2.73. The Labute approximate surface area is 186 Å². The van der Waals surface area contributed by atoms with Crippen LogP contribution in [0.2, 0.25) is 0 Å². The van der Waals surface area contributed by atoms with Crippen LogP contribution in [0.1, 0.15) is 13.3 Å². The standard InChI is InChI=1S/C21H22BrN3O2S2/c1-2-11-25-20(27)17-13-15(22)8-9-18(17)24-21(25)29-14-19(26)23-10-12-28-16-6-4-3-5-7-16/h3-9,13H,2,10-12,14H2,1H3,(H,23,26). The SMILES string of the molecule is CCCn1c(SCC(=O)NCCSc2ccccc2)nc2ccc(Br)cc2c1=O. The molecule has 0 aliphatic carbocycles. The lowest BCUT2D eigenvalue weighted by atomic mass is 10.2. The Morgan fingerprint density at radius 2 is 1.97 bits per heavy atom. The fourth-order valence-corrected chi connectivity index (χ4v) is 4.77. The molecule has 152 valence electrons. The van der Waals surface area contributed by atoms with Gasteiger partial charge in [0.1, 0.15) is 0 Å². The van der Waals surface area contributed by atoms with Gasteiger partial charge < -0.3 is 5.32 Å². The van der Waals surface area contributed by atoms with E-state index in [1.807, 2.05) is 37.3 Å². The van der Waals surface area contributed by atoms with Gasteiger partial charge in [-0.1, -0.05) is 52.8 Å². The number of hydrogen-bond acceptors (Lipinski definition) is 5. The van der Waals surface area contributed by atoms with Gasteiger partial charge in [-0.05, 0) is 36.8 Å². The highest BCUT2D eigenvalue weighted by Gasteiger charge is 2.13. The minimum Gasteiger partial charge on any atom is -0.355 e. The summed E-state index contributed by atoms with van der Waals surface area (Å²) in [4.78, 5) is 30.9. The molecule has 0 fully saturated rings. The first kappa shape index (κ1) is 21.9. The van der Waals surface area contributed by atoms with Crippen LogP contribution in [-0.4, -0.2) is 33.5 Å². The Morgan fingerprint density at radius 1 is 1.17 bits per heavy atom. The van der Waals surface area contributed by atoms with Crippen molar-refractivity contribution < 1.29 is 4.79 Å². The van der Waals surface area contributed by atoms with E-state index in [-0.39, 0.29) is 17.2 Å². The molecule has 1 aromatic heterocycles. The molecule has 0 saturated carbocycles. The van der Waals surface area contributed by atoms with Crippen molar-refractivity contribution in [3.8, 4) is 0 Å². The van der Waals surface area contributed by atoms with Crippen LogP contribution in [-0.2, 0) is 11.3 Å². The van der Waals surface area contributed by atoms with Gasteiger partial charge in [-0.25, -0.2) is 4.98 Å². The smallest absolute Gasteiger partial charge is 0.262 e. The lowest BCUT2D eigenvalue weighted by Crippen LogP contribution is -2.28. The van der Waals surface area contributed by atoms with E-state index in [1.165, 1.54) is 16.7 Å². The lowest BCUT2D eigenvalue weighted by molar-refractivity contribution is -0.118. The molecule has 0 aliphatic heterocycles. The first-order valence-corrected chi connectivity index (χ1v) is 12.1. The monoisotopic (exact) mass is 491 g/mol. The van der Waals surface area contributed by atoms with Gasteiger partial charge in [0, 0.05) is 28.2 Å². The number of fused-ring (bicyclic) bond motifs is 1. The molecule has 5 nitrogen and oxygen atoms in total. The molecule has 3 rings (SSSR count). The van der Waals surface area contributed by atoms with E-state index >= 15 is 0 Å². The van der Waals surface area contributed by atoms with E-state index in [0.717, 1.165) is 16.6 Å². The summed E-state index contributed by atoms with van der Waals surface area (Å²) < 4.78 is 2.51. The lowest BCUT2D eigenvalue weighted by Gasteiger charge is -2.12. The molecule has 1 N–H and O–H groups in total. The normalized spacial score (nSPS) is 11.0. The van der Waals surface area contributed by atoms with E-state index < -0.39 is 0 Å². The molecule has 1 heterocycles. The van der Waals surface area contributed by atoms with Gasteiger partial charge in [0.15, 0.2) is 5.16 Å². The van der Waals surface area contributed by atoms with E-state index in [9.17, 15) is 9.59 Å². The summed E-state index contributed by atoms with van der Waals surface area (Å²) in [5, 5.41) is 4.10. The number of carbonyl (C=O) groups excluding carboxylic acids is 1. The highest BCUT2D eigenvalue weighted by atomic mass is 79.9. The molecule has 0 radical (unpaired) electrons. The van der Waals surface area contributed by atoms with E-state index in [2.05, 4.69) is 38.4 Å².